The molecule has 0 fully saturated rings. The number of aliphatic imine (C=N–C) groups is 1. The Bertz CT molecular complexity index is 396. The van der Waals surface area contributed by atoms with Gasteiger partial charge in [0.15, 0.2) is 0 Å². The van der Waals surface area contributed by atoms with Gasteiger partial charge in [-0.05, 0) is 24.8 Å². The third-order valence-electron chi connectivity index (χ3n) is 5.83. The first-order chi connectivity index (χ1) is 14.0. The number of nitrogens with zero attached hydrogens (tertiary/aromatic N) is 2. The Balaban J connectivity index is 0. The maximum absolute atomic E-state index is 11.8. The highest BCUT2D eigenvalue weighted by molar-refractivity contribution is 5.85. The van der Waals surface area contributed by atoms with Crippen molar-refractivity contribution >= 4 is 18.3 Å². The summed E-state index contributed by atoms with van der Waals surface area (Å²) in [5, 5.41) is 11.8. The molecule has 4 heteroatoms. The van der Waals surface area contributed by atoms with Gasteiger partial charge < -0.3 is 14.6 Å². The lowest BCUT2D eigenvalue weighted by atomic mass is 10.0. The zero-order valence-electron chi connectivity index (χ0n) is 20.6. The van der Waals surface area contributed by atoms with Crippen LogP contribution in [0.25, 0.3) is 0 Å². The lowest BCUT2D eigenvalue weighted by Gasteiger charge is -2.28. The normalized spacial score (nSPS) is 12.0. The van der Waals surface area contributed by atoms with Crippen LogP contribution in [0.5, 0.6) is 0 Å². The molecular formula is C26H53ClN2O. The number of unbranched alkanes of at least 4 members (excludes halogenated alkanes) is 14. The van der Waals surface area contributed by atoms with E-state index in [9.17, 15) is 5.11 Å². The molecule has 180 valence electrons. The predicted molar refractivity (Wildman–Crippen MR) is 136 cm³/mol. The fourth-order valence-corrected chi connectivity index (χ4v) is 3.87. The number of halogens is 1. The minimum absolute atomic E-state index is 0. The Kier molecular flexibility index (Phi) is 24.4. The van der Waals surface area contributed by atoms with Crippen LogP contribution in [0.3, 0.4) is 0 Å². The highest BCUT2D eigenvalue weighted by atomic mass is 35.5. The minimum Gasteiger partial charge on any atom is -0.862 e. The summed E-state index contributed by atoms with van der Waals surface area (Å²) in [5.74, 6) is 0.105. The van der Waals surface area contributed by atoms with E-state index >= 15 is 0 Å². The summed E-state index contributed by atoms with van der Waals surface area (Å²) in [4.78, 5) is 4.22. The van der Waals surface area contributed by atoms with Gasteiger partial charge in [-0.3, -0.25) is 0 Å². The lowest BCUT2D eigenvalue weighted by Crippen LogP contribution is -2.40. The second-order valence-electron chi connectivity index (χ2n) is 9.46. The zero-order chi connectivity index (χ0) is 21.6. The number of likely N-dealkylation sites (N-methyl/N-ethyl adjacent to an activating group) is 1. The standard InChI is InChI=1S/C26H52N2O.ClH/c1-5-7-8-9-10-11-12-13-14-15-16-17-18-19-20-22-26(29)27-23-21-25-28(3,4)24-6-2;/h6H,2,5,7-25H2,1,3-4H3;1H. The van der Waals surface area contributed by atoms with E-state index in [4.69, 9.17) is 0 Å². The van der Waals surface area contributed by atoms with E-state index < -0.39 is 0 Å². The molecule has 0 heterocycles. The summed E-state index contributed by atoms with van der Waals surface area (Å²) in [6, 6.07) is 0. The van der Waals surface area contributed by atoms with Gasteiger partial charge in [-0.25, -0.2) is 0 Å². The third kappa shape index (κ3) is 23.7. The number of hydrogen-bond acceptors (Lipinski definition) is 2. The Morgan fingerprint density at radius 2 is 1.20 bits per heavy atom. The summed E-state index contributed by atoms with van der Waals surface area (Å²) >= 11 is 0. The molecule has 30 heavy (non-hydrogen) atoms. The first-order valence-electron chi connectivity index (χ1n) is 12.6. The molecule has 3 nitrogen and oxygen atoms in total. The van der Waals surface area contributed by atoms with Gasteiger partial charge in [0.05, 0.1) is 27.2 Å². The SMILES string of the molecule is C=CC[N+](C)(C)CCCN=C([O-])CCCCCCCCCCCCCCCCC.Cl. The first-order valence-corrected chi connectivity index (χ1v) is 12.6. The molecule has 0 N–H and O–H groups in total. The maximum Gasteiger partial charge on any atom is 0.0966 e. The van der Waals surface area contributed by atoms with Crippen LogP contribution in [-0.4, -0.2) is 44.1 Å². The Morgan fingerprint density at radius 3 is 1.63 bits per heavy atom. The third-order valence-corrected chi connectivity index (χ3v) is 5.83. The summed E-state index contributed by atoms with van der Waals surface area (Å²) in [7, 11) is 4.39. The highest BCUT2D eigenvalue weighted by Gasteiger charge is 2.10. The average Bonchev–Trinajstić information content (AvgIpc) is 2.68. The molecule has 0 radical (unpaired) electrons. The summed E-state index contributed by atoms with van der Waals surface area (Å²) in [6.45, 7) is 8.77. The quantitative estimate of drug-likeness (QED) is 0.0577. The number of hydrogen-bond donors (Lipinski definition) is 0. The fraction of sp³-hybridized carbons (Fsp3) is 0.885. The van der Waals surface area contributed by atoms with Crippen LogP contribution < -0.4 is 5.11 Å². The van der Waals surface area contributed by atoms with Crippen LogP contribution in [0.1, 0.15) is 116 Å². The number of rotatable bonds is 22. The largest absolute Gasteiger partial charge is 0.862 e. The molecule has 0 aliphatic heterocycles. The lowest BCUT2D eigenvalue weighted by molar-refractivity contribution is -0.884. The molecule has 0 bridgehead atoms. The fourth-order valence-electron chi connectivity index (χ4n) is 3.87. The van der Waals surface area contributed by atoms with Crippen molar-refractivity contribution in [3.8, 4) is 0 Å². The summed E-state index contributed by atoms with van der Waals surface area (Å²) in [5.41, 5.74) is 0. The van der Waals surface area contributed by atoms with Gasteiger partial charge in [-0.1, -0.05) is 103 Å². The Morgan fingerprint density at radius 1 is 0.767 bits per heavy atom. The highest BCUT2D eigenvalue weighted by Crippen LogP contribution is 2.13. The predicted octanol–water partition coefficient (Wildman–Crippen LogP) is 7.08. The van der Waals surface area contributed by atoms with Crippen molar-refractivity contribution in [2.24, 2.45) is 4.99 Å². The van der Waals surface area contributed by atoms with Crippen molar-refractivity contribution in [1.29, 1.82) is 0 Å². The van der Waals surface area contributed by atoms with Gasteiger partial charge in [0, 0.05) is 13.0 Å². The Hall–Kier alpha value is -0.540. The van der Waals surface area contributed by atoms with Crippen LogP contribution in [0.4, 0.5) is 0 Å². The first kappa shape index (κ1) is 31.6. The van der Waals surface area contributed by atoms with E-state index in [1.165, 1.54) is 89.9 Å². The minimum atomic E-state index is 0. The van der Waals surface area contributed by atoms with Crippen LogP contribution >= 0.6 is 12.4 Å². The molecule has 0 aromatic rings. The molecule has 0 saturated heterocycles. The molecule has 0 aromatic heterocycles. The van der Waals surface area contributed by atoms with Crippen molar-refractivity contribution in [2.45, 2.75) is 116 Å². The van der Waals surface area contributed by atoms with Gasteiger partial charge in [-0.15, -0.1) is 12.4 Å². The van der Waals surface area contributed by atoms with Crippen molar-refractivity contribution in [3.05, 3.63) is 12.7 Å². The topological polar surface area (TPSA) is 35.4 Å². The number of quaternary nitrogens is 1. The average molecular weight is 445 g/mol. The second-order valence-corrected chi connectivity index (χ2v) is 9.46. The second kappa shape index (κ2) is 23.1. The van der Waals surface area contributed by atoms with Crippen molar-refractivity contribution in [3.63, 3.8) is 0 Å². The Labute approximate surface area is 195 Å². The van der Waals surface area contributed by atoms with Gasteiger partial charge in [-0.2, -0.15) is 0 Å². The van der Waals surface area contributed by atoms with E-state index in [-0.39, 0.29) is 18.3 Å². The van der Waals surface area contributed by atoms with E-state index in [0.29, 0.717) is 13.0 Å². The van der Waals surface area contributed by atoms with E-state index in [2.05, 4.69) is 32.6 Å². The molecular weight excluding hydrogens is 392 g/mol. The maximum atomic E-state index is 11.8. The van der Waals surface area contributed by atoms with E-state index in [0.717, 1.165) is 30.4 Å². The molecule has 0 aromatic carbocycles. The van der Waals surface area contributed by atoms with Crippen LogP contribution in [-0.2, 0) is 0 Å². The van der Waals surface area contributed by atoms with Crippen molar-refractivity contribution in [1.82, 2.24) is 0 Å². The monoisotopic (exact) mass is 444 g/mol. The molecule has 0 atom stereocenters. The smallest absolute Gasteiger partial charge is 0.0966 e. The van der Waals surface area contributed by atoms with Gasteiger partial charge in [0.2, 0.25) is 0 Å². The van der Waals surface area contributed by atoms with Gasteiger partial charge in [0.25, 0.3) is 0 Å². The molecule has 0 saturated carbocycles. The van der Waals surface area contributed by atoms with Crippen LogP contribution in [0.15, 0.2) is 17.6 Å². The van der Waals surface area contributed by atoms with Gasteiger partial charge in [0.1, 0.15) is 0 Å². The summed E-state index contributed by atoms with van der Waals surface area (Å²) in [6.07, 6.45) is 23.9. The molecule has 0 rings (SSSR count). The van der Waals surface area contributed by atoms with E-state index in [1.807, 2.05) is 6.08 Å². The zero-order valence-corrected chi connectivity index (χ0v) is 21.5. The van der Waals surface area contributed by atoms with Crippen LogP contribution in [0.2, 0.25) is 0 Å². The molecule has 0 unspecified atom stereocenters. The van der Waals surface area contributed by atoms with Gasteiger partial charge >= 0.3 is 0 Å². The molecule has 0 aliphatic carbocycles. The molecule has 0 aliphatic rings. The molecule has 0 spiro atoms. The van der Waals surface area contributed by atoms with E-state index in [1.54, 1.807) is 0 Å². The van der Waals surface area contributed by atoms with Crippen LogP contribution in [0, 0.1) is 0 Å². The van der Waals surface area contributed by atoms with Crippen molar-refractivity contribution < 1.29 is 9.59 Å². The summed E-state index contributed by atoms with van der Waals surface area (Å²) < 4.78 is 0.923. The molecule has 0 amide bonds. The van der Waals surface area contributed by atoms with Crippen molar-refractivity contribution in [2.75, 3.05) is 33.7 Å².